The highest BCUT2D eigenvalue weighted by atomic mass is 32.2. The summed E-state index contributed by atoms with van der Waals surface area (Å²) in [5, 5.41) is 0. The lowest BCUT2D eigenvalue weighted by atomic mass is 9.65. The minimum Gasteiger partial charge on any atom is -0.353 e. The topological polar surface area (TPSA) is 80.3 Å². The van der Waals surface area contributed by atoms with Crippen LogP contribution >= 0.6 is 0 Å². The lowest BCUT2D eigenvalue weighted by molar-refractivity contribution is -0.554. The molecule has 5 atom stereocenters. The van der Waals surface area contributed by atoms with Crippen molar-refractivity contribution in [2.45, 2.75) is 74.9 Å². The zero-order chi connectivity index (χ0) is 20.7. The van der Waals surface area contributed by atoms with E-state index in [2.05, 4.69) is 0 Å². The molecule has 2 bridgehead atoms. The molecule has 1 spiro atoms. The van der Waals surface area contributed by atoms with Crippen LogP contribution in [0.5, 0.6) is 0 Å². The van der Waals surface area contributed by atoms with Gasteiger partial charge in [-0.3, -0.25) is 4.18 Å². The standard InChI is InChI=1S/C21H30O7S/c1-15-7-9-18(10-8-15)29(22,23)25-14-12-17-6-4-5-16-11-13-20(2)26-19(24-3)21(16,17)28-27-20/h7-10,16-17,19H,4-6,11-14H2,1-3H3/t16-,17+,19+,20+,21-/m1/s1. The van der Waals surface area contributed by atoms with E-state index in [-0.39, 0.29) is 23.3 Å². The van der Waals surface area contributed by atoms with Gasteiger partial charge in [-0.05, 0) is 63.5 Å². The molecule has 0 N–H and O–H groups in total. The first-order chi connectivity index (χ1) is 13.8. The summed E-state index contributed by atoms with van der Waals surface area (Å²) in [6.45, 7) is 3.86. The van der Waals surface area contributed by atoms with Gasteiger partial charge in [-0.25, -0.2) is 9.78 Å². The lowest BCUT2D eigenvalue weighted by Crippen LogP contribution is -2.63. The van der Waals surface area contributed by atoms with Gasteiger partial charge < -0.3 is 9.47 Å². The maximum Gasteiger partial charge on any atom is 0.296 e. The Kier molecular flexibility index (Phi) is 5.78. The lowest BCUT2D eigenvalue weighted by Gasteiger charge is -2.53. The zero-order valence-electron chi connectivity index (χ0n) is 17.3. The summed E-state index contributed by atoms with van der Waals surface area (Å²) < 4.78 is 42.2. The van der Waals surface area contributed by atoms with Crippen molar-refractivity contribution in [3.63, 3.8) is 0 Å². The van der Waals surface area contributed by atoms with Crippen LogP contribution in [0.4, 0.5) is 0 Å². The largest absolute Gasteiger partial charge is 0.353 e. The van der Waals surface area contributed by atoms with E-state index in [1.165, 1.54) is 0 Å². The smallest absolute Gasteiger partial charge is 0.296 e. The fourth-order valence-corrected chi connectivity index (χ4v) is 5.96. The van der Waals surface area contributed by atoms with Crippen LogP contribution in [0.1, 0.15) is 51.0 Å². The summed E-state index contributed by atoms with van der Waals surface area (Å²) in [6.07, 6.45) is 4.59. The summed E-state index contributed by atoms with van der Waals surface area (Å²) in [6, 6.07) is 6.66. The van der Waals surface area contributed by atoms with E-state index < -0.39 is 27.8 Å². The summed E-state index contributed by atoms with van der Waals surface area (Å²) in [5.41, 5.74) is 0.261. The van der Waals surface area contributed by atoms with Gasteiger partial charge in [-0.15, -0.1) is 0 Å². The van der Waals surface area contributed by atoms with Crippen LogP contribution in [0, 0.1) is 18.8 Å². The summed E-state index contributed by atoms with van der Waals surface area (Å²) >= 11 is 0. The molecule has 5 rings (SSSR count). The SMILES string of the molecule is CO[C@H]1O[C@]2(C)CC[C@H]3CCC[C@@H](CCOS(=O)(=O)c4ccc(C)cc4)[C@]31OO2. The summed E-state index contributed by atoms with van der Waals surface area (Å²) in [7, 11) is -2.18. The Morgan fingerprint density at radius 3 is 2.62 bits per heavy atom. The quantitative estimate of drug-likeness (QED) is 0.507. The normalized spacial score (nSPS) is 37.1. The Hall–Kier alpha value is -1.03. The molecule has 4 fully saturated rings. The minimum atomic E-state index is -3.79. The molecule has 3 heterocycles. The molecule has 3 saturated heterocycles. The average Bonchev–Trinajstić information content (AvgIpc) is 2.93. The Bertz CT molecular complexity index is 824. The van der Waals surface area contributed by atoms with Crippen molar-refractivity contribution in [2.24, 2.45) is 11.8 Å². The van der Waals surface area contributed by atoms with Crippen molar-refractivity contribution in [1.82, 2.24) is 0 Å². The molecular formula is C21H30O7S. The number of benzene rings is 1. The molecule has 7 nitrogen and oxygen atoms in total. The Morgan fingerprint density at radius 2 is 1.90 bits per heavy atom. The van der Waals surface area contributed by atoms with Crippen molar-refractivity contribution in [1.29, 1.82) is 0 Å². The average molecular weight is 427 g/mol. The van der Waals surface area contributed by atoms with Crippen molar-refractivity contribution >= 4 is 10.1 Å². The highest BCUT2D eigenvalue weighted by Crippen LogP contribution is 2.55. The van der Waals surface area contributed by atoms with Crippen LogP contribution in [0.3, 0.4) is 0 Å². The molecule has 8 heteroatoms. The molecule has 3 aliphatic heterocycles. The van der Waals surface area contributed by atoms with Crippen LogP contribution in [0.15, 0.2) is 29.2 Å². The second-order valence-electron chi connectivity index (χ2n) is 8.58. The van der Waals surface area contributed by atoms with E-state index >= 15 is 0 Å². The minimum absolute atomic E-state index is 0.0158. The predicted molar refractivity (Wildman–Crippen MR) is 104 cm³/mol. The van der Waals surface area contributed by atoms with Gasteiger partial charge in [0, 0.05) is 13.5 Å². The molecule has 1 aromatic carbocycles. The molecule has 162 valence electrons. The Labute approximate surface area is 172 Å². The van der Waals surface area contributed by atoms with Gasteiger partial charge in [0.2, 0.25) is 5.79 Å². The van der Waals surface area contributed by atoms with Crippen LogP contribution in [0.2, 0.25) is 0 Å². The van der Waals surface area contributed by atoms with Gasteiger partial charge in [0.1, 0.15) is 0 Å². The first kappa shape index (κ1) is 21.2. The van der Waals surface area contributed by atoms with Crippen LogP contribution < -0.4 is 0 Å². The summed E-state index contributed by atoms with van der Waals surface area (Å²) in [4.78, 5) is 11.9. The highest BCUT2D eigenvalue weighted by molar-refractivity contribution is 7.86. The van der Waals surface area contributed by atoms with E-state index in [9.17, 15) is 8.42 Å². The second kappa shape index (κ2) is 7.90. The predicted octanol–water partition coefficient (Wildman–Crippen LogP) is 3.71. The third-order valence-electron chi connectivity index (χ3n) is 6.64. The zero-order valence-corrected chi connectivity index (χ0v) is 18.1. The molecule has 1 aromatic rings. The van der Waals surface area contributed by atoms with Crippen molar-refractivity contribution < 1.29 is 31.8 Å². The van der Waals surface area contributed by atoms with Crippen molar-refractivity contribution in [3.05, 3.63) is 29.8 Å². The molecule has 0 radical (unpaired) electrons. The second-order valence-corrected chi connectivity index (χ2v) is 10.2. The number of aryl methyl sites for hydroxylation is 1. The van der Waals surface area contributed by atoms with E-state index in [1.54, 1.807) is 31.4 Å². The fourth-order valence-electron chi connectivity index (χ4n) is 5.04. The third-order valence-corrected chi connectivity index (χ3v) is 7.97. The van der Waals surface area contributed by atoms with Gasteiger partial charge >= 0.3 is 0 Å². The molecular weight excluding hydrogens is 396 g/mol. The van der Waals surface area contributed by atoms with Crippen molar-refractivity contribution in [3.8, 4) is 0 Å². The molecule has 0 amide bonds. The number of fused-ring (bicyclic) bond motifs is 3. The van der Waals surface area contributed by atoms with E-state index in [4.69, 9.17) is 23.4 Å². The first-order valence-electron chi connectivity index (χ1n) is 10.3. The number of methoxy groups -OCH3 is 1. The molecule has 0 unspecified atom stereocenters. The van der Waals surface area contributed by atoms with E-state index in [0.717, 1.165) is 37.7 Å². The monoisotopic (exact) mass is 426 g/mol. The number of hydrogen-bond acceptors (Lipinski definition) is 7. The third kappa shape index (κ3) is 3.86. The van der Waals surface area contributed by atoms with Gasteiger partial charge in [-0.2, -0.15) is 8.42 Å². The van der Waals surface area contributed by atoms with Crippen molar-refractivity contribution in [2.75, 3.05) is 13.7 Å². The number of ether oxygens (including phenoxy) is 2. The van der Waals surface area contributed by atoms with Gasteiger partial charge in [0.05, 0.1) is 11.5 Å². The van der Waals surface area contributed by atoms with Crippen LogP contribution in [-0.4, -0.2) is 39.8 Å². The summed E-state index contributed by atoms with van der Waals surface area (Å²) in [5.74, 6) is -0.551. The molecule has 4 aliphatic rings. The maximum atomic E-state index is 12.5. The fraction of sp³-hybridized carbons (Fsp3) is 0.714. The van der Waals surface area contributed by atoms with Crippen LogP contribution in [-0.2, 0) is 33.6 Å². The highest BCUT2D eigenvalue weighted by Gasteiger charge is 2.63. The molecule has 0 aromatic heterocycles. The molecule has 29 heavy (non-hydrogen) atoms. The number of rotatable bonds is 6. The maximum absolute atomic E-state index is 12.5. The van der Waals surface area contributed by atoms with Gasteiger partial charge in [0.15, 0.2) is 11.9 Å². The first-order valence-corrected chi connectivity index (χ1v) is 11.7. The van der Waals surface area contributed by atoms with Crippen LogP contribution in [0.25, 0.3) is 0 Å². The molecule has 1 saturated carbocycles. The Morgan fingerprint density at radius 1 is 1.14 bits per heavy atom. The van der Waals surface area contributed by atoms with Gasteiger partial charge in [-0.1, -0.05) is 24.1 Å². The van der Waals surface area contributed by atoms with Gasteiger partial charge in [0.25, 0.3) is 10.1 Å². The van der Waals surface area contributed by atoms with E-state index in [0.29, 0.717) is 6.42 Å². The molecule has 1 aliphatic carbocycles. The van der Waals surface area contributed by atoms with E-state index in [1.807, 2.05) is 13.8 Å². The Balaban J connectivity index is 1.49. The number of hydrogen-bond donors (Lipinski definition) is 0.